The normalized spacial score (nSPS) is 11.1. The smallest absolute Gasteiger partial charge is 0.160 e. The Morgan fingerprint density at radius 2 is 2.10 bits per heavy atom. The second-order valence-electron chi connectivity index (χ2n) is 5.06. The topological polar surface area (TPSA) is 42.2 Å². The minimum atomic E-state index is -0.155. The van der Waals surface area contributed by atoms with Crippen molar-refractivity contribution >= 4 is 5.65 Å². The Morgan fingerprint density at radius 3 is 2.95 bits per heavy atom. The number of nitrogens with one attached hydrogen (secondary N) is 1. The van der Waals surface area contributed by atoms with E-state index in [4.69, 9.17) is 0 Å². The summed E-state index contributed by atoms with van der Waals surface area (Å²) in [6.07, 6.45) is 2.74. The van der Waals surface area contributed by atoms with Crippen LogP contribution in [0.5, 0.6) is 0 Å². The van der Waals surface area contributed by atoms with Gasteiger partial charge in [-0.3, -0.25) is 4.40 Å². The molecule has 0 amide bonds. The third kappa shape index (κ3) is 3.08. The van der Waals surface area contributed by atoms with Crippen LogP contribution in [0.15, 0.2) is 42.6 Å². The van der Waals surface area contributed by atoms with Crippen LogP contribution in [0, 0.1) is 12.7 Å². The molecule has 0 aliphatic carbocycles. The first-order valence-corrected chi connectivity index (χ1v) is 6.98. The monoisotopic (exact) mass is 284 g/mol. The van der Waals surface area contributed by atoms with Crippen molar-refractivity contribution in [2.75, 3.05) is 6.54 Å². The Morgan fingerprint density at radius 1 is 1.19 bits per heavy atom. The summed E-state index contributed by atoms with van der Waals surface area (Å²) in [5, 5.41) is 11.6. The van der Waals surface area contributed by atoms with Crippen LogP contribution >= 0.6 is 0 Å². The van der Waals surface area contributed by atoms with Gasteiger partial charge in [-0.2, -0.15) is 0 Å². The van der Waals surface area contributed by atoms with Crippen LogP contribution in [-0.4, -0.2) is 21.1 Å². The Labute approximate surface area is 122 Å². The molecule has 1 N–H and O–H groups in total. The maximum absolute atomic E-state index is 13.4. The van der Waals surface area contributed by atoms with E-state index < -0.39 is 0 Å². The van der Waals surface area contributed by atoms with Gasteiger partial charge in [0.05, 0.1) is 0 Å². The number of hydrogen-bond acceptors (Lipinski definition) is 3. The molecule has 0 saturated carbocycles. The average molecular weight is 284 g/mol. The number of hydrogen-bond donors (Lipinski definition) is 1. The second kappa shape index (κ2) is 6.01. The third-order valence-electron chi connectivity index (χ3n) is 3.48. The van der Waals surface area contributed by atoms with E-state index in [1.54, 1.807) is 19.1 Å². The summed E-state index contributed by atoms with van der Waals surface area (Å²) in [6, 6.07) is 11.2. The van der Waals surface area contributed by atoms with Crippen LogP contribution in [-0.2, 0) is 13.0 Å². The lowest BCUT2D eigenvalue weighted by atomic mass is 10.1. The third-order valence-corrected chi connectivity index (χ3v) is 3.48. The highest BCUT2D eigenvalue weighted by molar-refractivity contribution is 5.37. The molecule has 108 valence electrons. The van der Waals surface area contributed by atoms with Crippen LogP contribution in [0.3, 0.4) is 0 Å². The fourth-order valence-corrected chi connectivity index (χ4v) is 2.24. The van der Waals surface area contributed by atoms with E-state index >= 15 is 0 Å². The minimum Gasteiger partial charge on any atom is -0.312 e. The van der Waals surface area contributed by atoms with E-state index in [9.17, 15) is 4.39 Å². The fraction of sp³-hybridized carbons (Fsp3) is 0.250. The molecule has 0 bridgehead atoms. The van der Waals surface area contributed by atoms with E-state index in [2.05, 4.69) is 15.5 Å². The van der Waals surface area contributed by atoms with Gasteiger partial charge in [0.25, 0.3) is 0 Å². The number of benzene rings is 1. The summed E-state index contributed by atoms with van der Waals surface area (Å²) in [6.45, 7) is 3.18. The maximum Gasteiger partial charge on any atom is 0.160 e. The van der Waals surface area contributed by atoms with Gasteiger partial charge in [0.1, 0.15) is 11.6 Å². The highest BCUT2D eigenvalue weighted by Crippen LogP contribution is 2.09. The number of rotatable bonds is 5. The van der Waals surface area contributed by atoms with E-state index in [0.717, 1.165) is 30.0 Å². The molecule has 5 heteroatoms. The minimum absolute atomic E-state index is 0.155. The number of nitrogens with zero attached hydrogens (tertiary/aromatic N) is 3. The lowest BCUT2D eigenvalue weighted by molar-refractivity contribution is 0.610. The molecule has 0 aliphatic rings. The molecule has 2 heterocycles. The molecule has 0 unspecified atom stereocenters. The summed E-state index contributed by atoms with van der Waals surface area (Å²) in [5.41, 5.74) is 2.48. The molecule has 21 heavy (non-hydrogen) atoms. The summed E-state index contributed by atoms with van der Waals surface area (Å²) in [5.74, 6) is 0.769. The molecule has 2 aromatic heterocycles. The summed E-state index contributed by atoms with van der Waals surface area (Å²) < 4.78 is 15.4. The first-order chi connectivity index (χ1) is 10.2. The first-order valence-electron chi connectivity index (χ1n) is 6.98. The van der Waals surface area contributed by atoms with Crippen molar-refractivity contribution in [3.8, 4) is 0 Å². The largest absolute Gasteiger partial charge is 0.312 e. The van der Waals surface area contributed by atoms with Crippen molar-refractivity contribution < 1.29 is 4.39 Å². The van der Waals surface area contributed by atoms with E-state index in [-0.39, 0.29) is 5.82 Å². The molecule has 0 aliphatic heterocycles. The molecule has 0 saturated heterocycles. The van der Waals surface area contributed by atoms with Gasteiger partial charge in [-0.15, -0.1) is 10.2 Å². The Kier molecular flexibility index (Phi) is 3.92. The highest BCUT2D eigenvalue weighted by atomic mass is 19.1. The van der Waals surface area contributed by atoms with Gasteiger partial charge in [-0.25, -0.2) is 4.39 Å². The van der Waals surface area contributed by atoms with Gasteiger partial charge in [0.2, 0.25) is 0 Å². The molecule has 1 aromatic carbocycles. The van der Waals surface area contributed by atoms with Gasteiger partial charge >= 0.3 is 0 Å². The molecule has 0 fully saturated rings. The van der Waals surface area contributed by atoms with E-state index in [0.29, 0.717) is 12.1 Å². The van der Waals surface area contributed by atoms with E-state index in [1.165, 1.54) is 0 Å². The number of aryl methyl sites for hydroxylation is 1. The summed E-state index contributed by atoms with van der Waals surface area (Å²) in [4.78, 5) is 0. The predicted molar refractivity (Wildman–Crippen MR) is 79.5 cm³/mol. The molecule has 4 nitrogen and oxygen atoms in total. The number of fused-ring (bicyclic) bond motifs is 1. The Hall–Kier alpha value is -2.27. The SMILES string of the molecule is Cc1ccc(CNCCc2nnc3ccccn23)cc1F. The number of halogens is 1. The Balaban J connectivity index is 1.55. The van der Waals surface area contributed by atoms with Gasteiger partial charge in [-0.1, -0.05) is 18.2 Å². The highest BCUT2D eigenvalue weighted by Gasteiger charge is 2.04. The zero-order valence-electron chi connectivity index (χ0n) is 11.9. The quantitative estimate of drug-likeness (QED) is 0.732. The van der Waals surface area contributed by atoms with Gasteiger partial charge < -0.3 is 5.32 Å². The molecule has 0 spiro atoms. The Bertz CT molecular complexity index is 751. The van der Waals surface area contributed by atoms with Crippen LogP contribution in [0.2, 0.25) is 0 Å². The lowest BCUT2D eigenvalue weighted by Gasteiger charge is -2.05. The standard InChI is InChI=1S/C16H17FN4/c1-12-5-6-13(10-14(12)17)11-18-8-7-16-20-19-15-4-2-3-9-21(15)16/h2-6,9-10,18H,7-8,11H2,1H3. The molecular weight excluding hydrogens is 267 g/mol. The van der Waals surface area contributed by atoms with Crippen LogP contribution in [0.1, 0.15) is 17.0 Å². The number of pyridine rings is 1. The van der Waals surface area contributed by atoms with Crippen LogP contribution in [0.25, 0.3) is 5.65 Å². The van der Waals surface area contributed by atoms with Crippen molar-refractivity contribution in [3.05, 3.63) is 65.4 Å². The van der Waals surface area contributed by atoms with E-state index in [1.807, 2.05) is 34.9 Å². The summed E-state index contributed by atoms with van der Waals surface area (Å²) in [7, 11) is 0. The van der Waals surface area contributed by atoms with Crippen LogP contribution < -0.4 is 5.32 Å². The zero-order chi connectivity index (χ0) is 14.7. The van der Waals surface area contributed by atoms with Crippen molar-refractivity contribution in [3.63, 3.8) is 0 Å². The lowest BCUT2D eigenvalue weighted by Crippen LogP contribution is -2.17. The van der Waals surface area contributed by atoms with Crippen molar-refractivity contribution in [1.82, 2.24) is 19.9 Å². The first kappa shape index (κ1) is 13.7. The van der Waals surface area contributed by atoms with Crippen LogP contribution in [0.4, 0.5) is 4.39 Å². The van der Waals surface area contributed by atoms with Crippen molar-refractivity contribution in [1.29, 1.82) is 0 Å². The molecule has 0 radical (unpaired) electrons. The second-order valence-corrected chi connectivity index (χ2v) is 5.06. The number of aromatic nitrogens is 3. The van der Waals surface area contributed by atoms with Crippen molar-refractivity contribution in [2.45, 2.75) is 19.9 Å². The van der Waals surface area contributed by atoms with Crippen molar-refractivity contribution in [2.24, 2.45) is 0 Å². The van der Waals surface area contributed by atoms with Gasteiger partial charge in [0.15, 0.2) is 5.65 Å². The summed E-state index contributed by atoms with van der Waals surface area (Å²) >= 11 is 0. The fourth-order valence-electron chi connectivity index (χ4n) is 2.24. The molecule has 3 aromatic rings. The molecule has 0 atom stereocenters. The predicted octanol–water partition coefficient (Wildman–Crippen LogP) is 2.51. The van der Waals surface area contributed by atoms with Gasteiger partial charge in [-0.05, 0) is 36.2 Å². The van der Waals surface area contributed by atoms with Gasteiger partial charge in [0, 0.05) is 25.7 Å². The average Bonchev–Trinajstić information content (AvgIpc) is 2.91. The molecular formula is C16H17FN4. The molecule has 3 rings (SSSR count). The maximum atomic E-state index is 13.4. The zero-order valence-corrected chi connectivity index (χ0v) is 11.9.